The molecule has 0 unspecified atom stereocenters. The number of nitrogens with zero attached hydrogens (tertiary/aromatic N) is 2. The standard InChI is InChI=1S/C14H19N3O4S/c1-9(2)8-17-11(4)13(10(3)15-17)22(19,20)16-14(18)12-6-5-7-21-12/h5-7,9H,8H2,1-4H3,(H,16,18). The normalized spacial score (nSPS) is 11.9. The third kappa shape index (κ3) is 3.22. The molecular weight excluding hydrogens is 306 g/mol. The largest absolute Gasteiger partial charge is 0.459 e. The maximum absolute atomic E-state index is 12.5. The second-order valence-electron chi connectivity index (χ2n) is 5.49. The zero-order valence-electron chi connectivity index (χ0n) is 13.0. The van der Waals surface area contributed by atoms with Gasteiger partial charge in [0.25, 0.3) is 10.0 Å². The Bertz CT molecular complexity index is 773. The van der Waals surface area contributed by atoms with Crippen LogP contribution in [0, 0.1) is 19.8 Å². The van der Waals surface area contributed by atoms with Gasteiger partial charge in [-0.3, -0.25) is 9.48 Å². The van der Waals surface area contributed by atoms with Crippen LogP contribution in [0.2, 0.25) is 0 Å². The first-order valence-electron chi connectivity index (χ1n) is 6.87. The molecule has 2 aromatic heterocycles. The van der Waals surface area contributed by atoms with Gasteiger partial charge in [0.1, 0.15) is 4.90 Å². The van der Waals surface area contributed by atoms with E-state index in [2.05, 4.69) is 5.10 Å². The molecule has 0 saturated carbocycles. The number of rotatable bonds is 5. The molecule has 0 spiro atoms. The van der Waals surface area contributed by atoms with E-state index in [1.165, 1.54) is 18.4 Å². The van der Waals surface area contributed by atoms with E-state index < -0.39 is 15.9 Å². The number of furan rings is 1. The lowest BCUT2D eigenvalue weighted by atomic mass is 10.2. The Morgan fingerprint density at radius 2 is 2.09 bits per heavy atom. The van der Waals surface area contributed by atoms with Crippen molar-refractivity contribution < 1.29 is 17.6 Å². The molecule has 2 rings (SSSR count). The lowest BCUT2D eigenvalue weighted by molar-refractivity contribution is 0.0954. The van der Waals surface area contributed by atoms with Crippen molar-refractivity contribution in [3.8, 4) is 0 Å². The van der Waals surface area contributed by atoms with Gasteiger partial charge in [-0.2, -0.15) is 5.10 Å². The molecule has 0 aliphatic rings. The number of hydrogen-bond donors (Lipinski definition) is 1. The van der Waals surface area contributed by atoms with Crippen LogP contribution in [0.3, 0.4) is 0 Å². The molecular formula is C14H19N3O4S. The summed E-state index contributed by atoms with van der Waals surface area (Å²) in [5.74, 6) is -0.542. The smallest absolute Gasteiger partial charge is 0.300 e. The number of aryl methyl sites for hydroxylation is 1. The Hall–Kier alpha value is -2.09. The monoisotopic (exact) mass is 325 g/mol. The van der Waals surface area contributed by atoms with Crippen LogP contribution in [0.1, 0.15) is 35.8 Å². The SMILES string of the molecule is Cc1nn(CC(C)C)c(C)c1S(=O)(=O)NC(=O)c1ccco1. The van der Waals surface area contributed by atoms with E-state index in [4.69, 9.17) is 4.42 Å². The minimum Gasteiger partial charge on any atom is -0.459 e. The van der Waals surface area contributed by atoms with Crippen LogP contribution in [0.5, 0.6) is 0 Å². The lowest BCUT2D eigenvalue weighted by Crippen LogP contribution is -2.31. The summed E-state index contributed by atoms with van der Waals surface area (Å²) in [6, 6.07) is 2.91. The summed E-state index contributed by atoms with van der Waals surface area (Å²) in [6.07, 6.45) is 1.30. The summed E-state index contributed by atoms with van der Waals surface area (Å²) in [4.78, 5) is 11.9. The zero-order valence-corrected chi connectivity index (χ0v) is 13.8. The summed E-state index contributed by atoms with van der Waals surface area (Å²) in [7, 11) is -4.00. The molecule has 0 atom stereocenters. The summed E-state index contributed by atoms with van der Waals surface area (Å²) in [5, 5.41) is 4.25. The van der Waals surface area contributed by atoms with Crippen LogP contribution in [-0.4, -0.2) is 24.1 Å². The maximum atomic E-state index is 12.5. The molecule has 0 bridgehead atoms. The minimum atomic E-state index is -4.00. The lowest BCUT2D eigenvalue weighted by Gasteiger charge is -2.08. The Morgan fingerprint density at radius 1 is 1.41 bits per heavy atom. The topological polar surface area (TPSA) is 94.2 Å². The van der Waals surface area contributed by atoms with Crippen LogP contribution in [0.15, 0.2) is 27.7 Å². The Morgan fingerprint density at radius 3 is 2.64 bits per heavy atom. The minimum absolute atomic E-state index is 0.0352. The van der Waals surface area contributed by atoms with Crippen LogP contribution in [-0.2, 0) is 16.6 Å². The number of carbonyl (C=O) groups excluding carboxylic acids is 1. The van der Waals surface area contributed by atoms with Gasteiger partial charge in [0.05, 0.1) is 17.7 Å². The molecule has 1 N–H and O–H groups in total. The molecule has 2 heterocycles. The van der Waals surface area contributed by atoms with Crippen molar-refractivity contribution in [3.63, 3.8) is 0 Å². The van der Waals surface area contributed by atoms with Crippen molar-refractivity contribution in [2.24, 2.45) is 5.92 Å². The van der Waals surface area contributed by atoms with Crippen molar-refractivity contribution >= 4 is 15.9 Å². The number of hydrogen-bond acceptors (Lipinski definition) is 5. The van der Waals surface area contributed by atoms with Gasteiger partial charge in [-0.05, 0) is 31.9 Å². The summed E-state index contributed by atoms with van der Waals surface area (Å²) < 4.78 is 33.5. The molecule has 1 amide bonds. The fraction of sp³-hybridized carbons (Fsp3) is 0.429. The van der Waals surface area contributed by atoms with Gasteiger partial charge < -0.3 is 4.42 Å². The highest BCUT2D eigenvalue weighted by atomic mass is 32.2. The molecule has 0 aliphatic heterocycles. The molecule has 0 aliphatic carbocycles. The van der Waals surface area contributed by atoms with Crippen molar-refractivity contribution in [2.75, 3.05) is 0 Å². The number of carbonyl (C=O) groups is 1. The van der Waals surface area contributed by atoms with Crippen molar-refractivity contribution in [1.82, 2.24) is 14.5 Å². The Labute approximate surface area is 129 Å². The average Bonchev–Trinajstić information content (AvgIpc) is 2.97. The van der Waals surface area contributed by atoms with Gasteiger partial charge >= 0.3 is 5.91 Å². The first-order chi connectivity index (χ1) is 10.2. The maximum Gasteiger partial charge on any atom is 0.300 e. The molecule has 0 aromatic carbocycles. The van der Waals surface area contributed by atoms with E-state index >= 15 is 0 Å². The molecule has 8 heteroatoms. The third-order valence-electron chi connectivity index (χ3n) is 3.09. The fourth-order valence-corrected chi connectivity index (χ4v) is 3.59. The first-order valence-corrected chi connectivity index (χ1v) is 8.35. The van der Waals surface area contributed by atoms with Crippen molar-refractivity contribution in [1.29, 1.82) is 0 Å². The van der Waals surface area contributed by atoms with E-state index in [-0.39, 0.29) is 10.7 Å². The second-order valence-corrected chi connectivity index (χ2v) is 7.11. The van der Waals surface area contributed by atoms with E-state index in [0.29, 0.717) is 23.9 Å². The summed E-state index contributed by atoms with van der Waals surface area (Å²) in [6.45, 7) is 7.92. The van der Waals surface area contributed by atoms with Crippen LogP contribution in [0.25, 0.3) is 0 Å². The molecule has 0 radical (unpaired) electrons. The number of aromatic nitrogens is 2. The number of sulfonamides is 1. The van der Waals surface area contributed by atoms with Crippen LogP contribution < -0.4 is 4.72 Å². The number of amides is 1. The van der Waals surface area contributed by atoms with Gasteiger partial charge in [-0.1, -0.05) is 13.8 Å². The van der Waals surface area contributed by atoms with E-state index in [9.17, 15) is 13.2 Å². The van der Waals surface area contributed by atoms with E-state index in [1.807, 2.05) is 18.6 Å². The van der Waals surface area contributed by atoms with Crippen molar-refractivity contribution in [3.05, 3.63) is 35.5 Å². The van der Waals surface area contributed by atoms with E-state index in [1.54, 1.807) is 18.5 Å². The van der Waals surface area contributed by atoms with Gasteiger partial charge in [-0.15, -0.1) is 0 Å². The van der Waals surface area contributed by atoms with E-state index in [0.717, 1.165) is 0 Å². The van der Waals surface area contributed by atoms with Crippen LogP contribution >= 0.6 is 0 Å². The molecule has 0 saturated heterocycles. The van der Waals surface area contributed by atoms with Gasteiger partial charge in [0, 0.05) is 6.54 Å². The fourth-order valence-electron chi connectivity index (χ4n) is 2.22. The van der Waals surface area contributed by atoms with Gasteiger partial charge in [0.15, 0.2) is 5.76 Å². The van der Waals surface area contributed by atoms with Crippen molar-refractivity contribution in [2.45, 2.75) is 39.1 Å². The van der Waals surface area contributed by atoms with Crippen LogP contribution in [0.4, 0.5) is 0 Å². The second kappa shape index (κ2) is 5.96. The first kappa shape index (κ1) is 16.3. The van der Waals surface area contributed by atoms with Gasteiger partial charge in [-0.25, -0.2) is 13.1 Å². The third-order valence-corrected chi connectivity index (χ3v) is 4.68. The molecule has 120 valence electrons. The summed E-state index contributed by atoms with van der Waals surface area (Å²) in [5.41, 5.74) is 0.865. The highest BCUT2D eigenvalue weighted by Crippen LogP contribution is 2.20. The van der Waals surface area contributed by atoms with Gasteiger partial charge in [0.2, 0.25) is 0 Å². The molecule has 22 heavy (non-hydrogen) atoms. The molecule has 0 fully saturated rings. The highest BCUT2D eigenvalue weighted by molar-refractivity contribution is 7.90. The average molecular weight is 325 g/mol. The highest BCUT2D eigenvalue weighted by Gasteiger charge is 2.27. The predicted molar refractivity (Wildman–Crippen MR) is 79.9 cm³/mol. The Balaban J connectivity index is 2.34. The number of nitrogens with one attached hydrogen (secondary N) is 1. The quantitative estimate of drug-likeness (QED) is 0.905. The summed E-state index contributed by atoms with van der Waals surface area (Å²) >= 11 is 0. The predicted octanol–water partition coefficient (Wildman–Crippen LogP) is 1.87. The molecule has 7 nitrogen and oxygen atoms in total. The Kier molecular flexibility index (Phi) is 4.41. The zero-order chi connectivity index (χ0) is 16.5. The molecule has 2 aromatic rings.